The molecule has 210 valence electrons. The first-order chi connectivity index (χ1) is 19.2. The normalized spacial score (nSPS) is 23.6. The Bertz CT molecular complexity index is 1690. The van der Waals surface area contributed by atoms with Gasteiger partial charge in [-0.25, -0.2) is 22.9 Å². The van der Waals surface area contributed by atoms with Crippen molar-refractivity contribution in [3.05, 3.63) is 99.9 Å². The lowest BCUT2D eigenvalue weighted by Gasteiger charge is -2.43. The summed E-state index contributed by atoms with van der Waals surface area (Å²) in [5.74, 6) is -8.06. The Morgan fingerprint density at radius 2 is 1.68 bits per heavy atom. The van der Waals surface area contributed by atoms with E-state index in [0.29, 0.717) is 28.1 Å². The maximum Gasteiger partial charge on any atom is 0.361 e. The van der Waals surface area contributed by atoms with Gasteiger partial charge in [-0.2, -0.15) is 8.78 Å². The SMILES string of the molecule is C=C[Si]1(C)C2=CC(=[N+]3CC(F)(F)C3)C=CC2=C(c2cc(C(=O)O)ccc2C(=O)O)c2ccc(N3CC(F)(F)C3)cc21. The number of carboxylic acids is 2. The lowest BCUT2D eigenvalue weighted by Crippen LogP contribution is -2.57. The van der Waals surface area contributed by atoms with E-state index in [0.717, 1.165) is 10.4 Å². The molecule has 1 unspecified atom stereocenters. The standard InChI is InChI=1S/C30H24F4N2O4Si/c1-3-41(2)24-11-18(35-13-29(31,32)14-35)5-8-21(24)26(23-10-17(27(37)38)4-7-20(23)28(39)40)22-9-6-19(12-25(22)41)36-15-30(33,34)16-36/h3-12H,1,13-16H2,2H3,(H-,37,38,39,40)/p+1. The number of hydrogen-bond donors (Lipinski definition) is 2. The fourth-order valence-electron chi connectivity index (χ4n) is 6.01. The summed E-state index contributed by atoms with van der Waals surface area (Å²) in [5, 5.41) is 21.3. The molecule has 2 fully saturated rings. The first-order valence-electron chi connectivity index (χ1n) is 12.9. The summed E-state index contributed by atoms with van der Waals surface area (Å²) in [7, 11) is -2.86. The molecule has 2 aromatic carbocycles. The van der Waals surface area contributed by atoms with E-state index >= 15 is 0 Å². The van der Waals surface area contributed by atoms with Gasteiger partial charge < -0.3 is 15.1 Å². The Balaban J connectivity index is 1.64. The Hall–Kier alpha value is -4.25. The molecule has 0 radical (unpaired) electrons. The van der Waals surface area contributed by atoms with Crippen molar-refractivity contribution in [1.82, 2.24) is 0 Å². The Kier molecular flexibility index (Phi) is 5.83. The third-order valence-corrected chi connectivity index (χ3v) is 12.1. The second-order valence-electron chi connectivity index (χ2n) is 11.0. The van der Waals surface area contributed by atoms with Gasteiger partial charge in [0, 0.05) is 17.8 Å². The van der Waals surface area contributed by atoms with Gasteiger partial charge in [-0.05, 0) is 69.1 Å². The number of rotatable bonds is 5. The zero-order valence-electron chi connectivity index (χ0n) is 21.9. The minimum atomic E-state index is -2.86. The molecular formula is C30H25F4N2O4Si+. The highest BCUT2D eigenvalue weighted by molar-refractivity contribution is 7.02. The first kappa shape index (κ1) is 26.9. The van der Waals surface area contributed by atoms with Gasteiger partial charge in [0.05, 0.1) is 24.2 Å². The molecule has 4 aliphatic rings. The van der Waals surface area contributed by atoms with E-state index in [-0.39, 0.29) is 16.7 Å². The molecule has 2 saturated heterocycles. The van der Waals surface area contributed by atoms with E-state index in [2.05, 4.69) is 6.58 Å². The zero-order valence-corrected chi connectivity index (χ0v) is 22.9. The minimum absolute atomic E-state index is 0.103. The number of aromatic carboxylic acids is 2. The predicted molar refractivity (Wildman–Crippen MR) is 149 cm³/mol. The lowest BCUT2D eigenvalue weighted by atomic mass is 9.86. The van der Waals surface area contributed by atoms with E-state index in [1.54, 1.807) is 33.8 Å². The predicted octanol–water partition coefficient (Wildman–Crippen LogP) is 4.50. The van der Waals surface area contributed by atoms with Gasteiger partial charge in [0.25, 0.3) is 5.92 Å². The Morgan fingerprint density at radius 3 is 2.27 bits per heavy atom. The van der Waals surface area contributed by atoms with E-state index in [1.165, 1.54) is 18.2 Å². The van der Waals surface area contributed by atoms with Gasteiger partial charge in [-0.15, -0.1) is 6.58 Å². The van der Waals surface area contributed by atoms with Crippen LogP contribution in [0, 0.1) is 0 Å². The van der Waals surface area contributed by atoms with Gasteiger partial charge in [0.1, 0.15) is 8.07 Å². The number of fused-ring (bicyclic) bond motifs is 2. The second kappa shape index (κ2) is 8.87. The van der Waals surface area contributed by atoms with Gasteiger partial charge in [-0.1, -0.05) is 18.3 Å². The number of halogens is 4. The number of allylic oxidation sites excluding steroid dienone is 5. The quantitative estimate of drug-likeness (QED) is 0.309. The van der Waals surface area contributed by atoms with Crippen LogP contribution in [0.15, 0.2) is 77.7 Å². The van der Waals surface area contributed by atoms with Crippen LogP contribution in [0.2, 0.25) is 6.55 Å². The van der Waals surface area contributed by atoms with E-state index < -0.39 is 58.0 Å². The van der Waals surface area contributed by atoms with Crippen LogP contribution >= 0.6 is 0 Å². The molecule has 6 nitrogen and oxygen atoms in total. The molecule has 1 atom stereocenters. The summed E-state index contributed by atoms with van der Waals surface area (Å²) in [6.07, 6.45) is 5.29. The van der Waals surface area contributed by atoms with E-state index in [9.17, 15) is 37.4 Å². The fourth-order valence-corrected chi connectivity index (χ4v) is 9.17. The summed E-state index contributed by atoms with van der Waals surface area (Å²) in [6.45, 7) is 4.42. The van der Waals surface area contributed by atoms with Crippen molar-refractivity contribution in [2.45, 2.75) is 18.4 Å². The summed E-state index contributed by atoms with van der Waals surface area (Å²) >= 11 is 0. The third-order valence-electron chi connectivity index (χ3n) is 8.26. The molecule has 1 aliphatic carbocycles. The average Bonchev–Trinajstić information content (AvgIpc) is 2.89. The van der Waals surface area contributed by atoms with Crippen molar-refractivity contribution >= 4 is 42.2 Å². The molecule has 0 amide bonds. The van der Waals surface area contributed by atoms with E-state index in [1.807, 2.05) is 24.4 Å². The topological polar surface area (TPSA) is 80.8 Å². The number of benzene rings is 2. The van der Waals surface area contributed by atoms with Crippen molar-refractivity contribution in [3.8, 4) is 0 Å². The van der Waals surface area contributed by atoms with Crippen molar-refractivity contribution < 1.29 is 41.9 Å². The molecule has 6 rings (SSSR count). The largest absolute Gasteiger partial charge is 0.478 e. The maximum absolute atomic E-state index is 13.7. The van der Waals surface area contributed by atoms with Gasteiger partial charge in [-0.3, -0.25) is 0 Å². The second-order valence-corrected chi connectivity index (χ2v) is 14.9. The number of anilines is 1. The molecule has 11 heteroatoms. The highest BCUT2D eigenvalue weighted by Gasteiger charge is 2.52. The monoisotopic (exact) mass is 581 g/mol. The Morgan fingerprint density at radius 1 is 0.976 bits per heavy atom. The number of alkyl halides is 4. The first-order valence-corrected chi connectivity index (χ1v) is 15.5. The third kappa shape index (κ3) is 4.26. The van der Waals surface area contributed by atoms with Gasteiger partial charge in [0.15, 0.2) is 5.71 Å². The van der Waals surface area contributed by atoms with Crippen LogP contribution in [-0.4, -0.2) is 78.5 Å². The van der Waals surface area contributed by atoms with Crippen LogP contribution in [0.3, 0.4) is 0 Å². The number of carbonyl (C=O) groups is 2. The summed E-state index contributed by atoms with van der Waals surface area (Å²) < 4.78 is 56.5. The molecule has 0 bridgehead atoms. The number of hydrogen-bond acceptors (Lipinski definition) is 3. The summed E-state index contributed by atoms with van der Waals surface area (Å²) in [4.78, 5) is 25.8. The molecule has 3 aliphatic heterocycles. The summed E-state index contributed by atoms with van der Waals surface area (Å²) in [5.41, 5.74) is 4.73. The molecule has 41 heavy (non-hydrogen) atoms. The van der Waals surface area contributed by atoms with Crippen LogP contribution in [0.1, 0.15) is 31.8 Å². The van der Waals surface area contributed by atoms with Gasteiger partial charge >= 0.3 is 17.9 Å². The van der Waals surface area contributed by atoms with Crippen molar-refractivity contribution in [2.24, 2.45) is 0 Å². The van der Waals surface area contributed by atoms with Crippen LogP contribution in [-0.2, 0) is 0 Å². The smallest absolute Gasteiger partial charge is 0.361 e. The maximum atomic E-state index is 13.7. The minimum Gasteiger partial charge on any atom is -0.478 e. The van der Waals surface area contributed by atoms with E-state index in [4.69, 9.17) is 0 Å². The molecule has 2 N–H and O–H groups in total. The number of carboxylic acid groups (broad SMARTS) is 2. The molecule has 2 aromatic rings. The van der Waals surface area contributed by atoms with Crippen molar-refractivity contribution in [1.29, 1.82) is 0 Å². The van der Waals surface area contributed by atoms with Gasteiger partial charge in [0.2, 0.25) is 13.1 Å². The highest BCUT2D eigenvalue weighted by Crippen LogP contribution is 2.44. The summed E-state index contributed by atoms with van der Waals surface area (Å²) in [6, 6.07) is 9.09. The van der Waals surface area contributed by atoms with Crippen molar-refractivity contribution in [2.75, 3.05) is 31.1 Å². The van der Waals surface area contributed by atoms with Crippen LogP contribution in [0.5, 0.6) is 0 Å². The fraction of sp³-hybridized carbons (Fsp3) is 0.233. The number of nitrogens with zero attached hydrogens (tertiary/aromatic N) is 2. The van der Waals surface area contributed by atoms with Crippen LogP contribution in [0.25, 0.3) is 5.57 Å². The molecule has 0 spiro atoms. The molecule has 0 saturated carbocycles. The zero-order chi connectivity index (χ0) is 29.5. The van der Waals surface area contributed by atoms with Crippen LogP contribution in [0.4, 0.5) is 23.2 Å². The highest BCUT2D eigenvalue weighted by atomic mass is 28.3. The molecule has 0 aromatic heterocycles. The molecule has 3 heterocycles. The van der Waals surface area contributed by atoms with Crippen LogP contribution < -0.4 is 10.1 Å². The average molecular weight is 582 g/mol. The Labute approximate surface area is 233 Å². The lowest BCUT2D eigenvalue weighted by molar-refractivity contribution is -0.638. The van der Waals surface area contributed by atoms with Crippen molar-refractivity contribution in [3.63, 3.8) is 0 Å². The molecular weight excluding hydrogens is 556 g/mol.